The average Bonchev–Trinajstić information content (AvgIpc) is 3.10. The quantitative estimate of drug-likeness (QED) is 0.862. The van der Waals surface area contributed by atoms with Crippen molar-refractivity contribution >= 4 is 6.09 Å². The monoisotopic (exact) mass is 337 g/mol. The maximum Gasteiger partial charge on any atom is 0.407 e. The summed E-state index contributed by atoms with van der Waals surface area (Å²) in [6.07, 6.45) is 0.216. The molecule has 0 saturated heterocycles. The van der Waals surface area contributed by atoms with E-state index in [9.17, 15) is 9.90 Å². The molecule has 1 unspecified atom stereocenters. The zero-order chi connectivity index (χ0) is 17.9. The largest absolute Gasteiger partial charge is 0.444 e. The van der Waals surface area contributed by atoms with Gasteiger partial charge in [0.05, 0.1) is 12.2 Å². The smallest absolute Gasteiger partial charge is 0.407 e. The van der Waals surface area contributed by atoms with E-state index in [0.717, 1.165) is 0 Å². The summed E-state index contributed by atoms with van der Waals surface area (Å²) in [5.74, 6) is 1.11. The average molecular weight is 337 g/mol. The van der Waals surface area contributed by atoms with E-state index in [4.69, 9.17) is 13.7 Å². The van der Waals surface area contributed by atoms with Crippen LogP contribution in [0.15, 0.2) is 21.2 Å². The number of nitrogens with zero attached hydrogens (tertiary/aromatic N) is 2. The first-order valence-corrected chi connectivity index (χ1v) is 7.76. The number of aliphatic hydroxyl groups is 1. The first kappa shape index (κ1) is 18.0. The van der Waals surface area contributed by atoms with E-state index in [2.05, 4.69) is 15.5 Å². The fourth-order valence-corrected chi connectivity index (χ4v) is 2.06. The standard InChI is InChI=1S/C16H23N3O5/c1-6-10(18-15(21)23-16(3,4)5)13(20)14-17-8-12(22-14)11-7-9(2)24-19-11/h7-8,10,13,20H,6H2,1-5H3,(H,18,21)/t10?,13-/m0/s1. The number of rotatable bonds is 5. The molecule has 2 aromatic rings. The zero-order valence-electron chi connectivity index (χ0n) is 14.5. The normalized spacial score (nSPS) is 14.2. The molecule has 0 radical (unpaired) electrons. The van der Waals surface area contributed by atoms with Crippen molar-refractivity contribution in [3.8, 4) is 11.5 Å². The first-order valence-electron chi connectivity index (χ1n) is 7.76. The van der Waals surface area contributed by atoms with Gasteiger partial charge in [-0.25, -0.2) is 9.78 Å². The molecule has 2 atom stereocenters. The van der Waals surface area contributed by atoms with Gasteiger partial charge in [0, 0.05) is 6.07 Å². The minimum atomic E-state index is -1.11. The second kappa shape index (κ2) is 7.04. The Morgan fingerprint density at radius 2 is 2.17 bits per heavy atom. The fourth-order valence-electron chi connectivity index (χ4n) is 2.06. The molecule has 0 aliphatic heterocycles. The highest BCUT2D eigenvalue weighted by molar-refractivity contribution is 5.68. The maximum atomic E-state index is 11.9. The lowest BCUT2D eigenvalue weighted by molar-refractivity contribution is 0.0386. The van der Waals surface area contributed by atoms with Crippen LogP contribution in [0.25, 0.3) is 11.5 Å². The van der Waals surface area contributed by atoms with Crippen molar-refractivity contribution in [3.05, 3.63) is 23.9 Å². The molecule has 24 heavy (non-hydrogen) atoms. The van der Waals surface area contributed by atoms with Crippen LogP contribution >= 0.6 is 0 Å². The van der Waals surface area contributed by atoms with Crippen molar-refractivity contribution in [2.24, 2.45) is 0 Å². The van der Waals surface area contributed by atoms with Crippen molar-refractivity contribution in [3.63, 3.8) is 0 Å². The third-order valence-electron chi connectivity index (χ3n) is 3.18. The number of carbonyl (C=O) groups is 1. The zero-order valence-corrected chi connectivity index (χ0v) is 14.5. The number of ether oxygens (including phenoxy) is 1. The van der Waals surface area contributed by atoms with E-state index in [0.29, 0.717) is 23.6 Å². The number of aryl methyl sites for hydroxylation is 1. The van der Waals surface area contributed by atoms with Gasteiger partial charge in [0.25, 0.3) is 0 Å². The number of amides is 1. The van der Waals surface area contributed by atoms with E-state index < -0.39 is 23.8 Å². The van der Waals surface area contributed by atoms with E-state index in [1.165, 1.54) is 6.20 Å². The molecule has 0 saturated carbocycles. The molecule has 8 heteroatoms. The third-order valence-corrected chi connectivity index (χ3v) is 3.18. The van der Waals surface area contributed by atoms with Crippen molar-refractivity contribution < 1.29 is 23.6 Å². The van der Waals surface area contributed by atoms with Gasteiger partial charge in [-0.2, -0.15) is 0 Å². The molecule has 0 aliphatic rings. The van der Waals surface area contributed by atoms with Gasteiger partial charge in [0.15, 0.2) is 17.6 Å². The highest BCUT2D eigenvalue weighted by Crippen LogP contribution is 2.25. The summed E-state index contributed by atoms with van der Waals surface area (Å²) < 4.78 is 15.7. The maximum absolute atomic E-state index is 11.9. The second-order valence-corrected chi connectivity index (χ2v) is 6.49. The minimum absolute atomic E-state index is 0.0913. The van der Waals surface area contributed by atoms with Crippen molar-refractivity contribution in [1.29, 1.82) is 0 Å². The second-order valence-electron chi connectivity index (χ2n) is 6.49. The van der Waals surface area contributed by atoms with Gasteiger partial charge in [0.1, 0.15) is 11.4 Å². The number of aromatic nitrogens is 2. The Morgan fingerprint density at radius 1 is 1.46 bits per heavy atom. The van der Waals surface area contributed by atoms with Crippen LogP contribution in [0.2, 0.25) is 0 Å². The predicted octanol–water partition coefficient (Wildman–Crippen LogP) is 2.97. The molecule has 1 amide bonds. The summed E-state index contributed by atoms with van der Waals surface area (Å²) in [5, 5.41) is 16.9. The molecule has 0 aliphatic carbocycles. The summed E-state index contributed by atoms with van der Waals surface area (Å²) in [7, 11) is 0. The molecule has 0 aromatic carbocycles. The van der Waals surface area contributed by atoms with Crippen LogP contribution in [0.4, 0.5) is 4.79 Å². The van der Waals surface area contributed by atoms with Gasteiger partial charge in [-0.05, 0) is 34.1 Å². The Kier molecular flexibility index (Phi) is 5.28. The molecule has 132 valence electrons. The molecule has 2 rings (SSSR count). The molecule has 2 heterocycles. The van der Waals surface area contributed by atoms with E-state index in [-0.39, 0.29) is 5.89 Å². The minimum Gasteiger partial charge on any atom is -0.444 e. The van der Waals surface area contributed by atoms with Crippen LogP contribution in [0, 0.1) is 6.92 Å². The van der Waals surface area contributed by atoms with Gasteiger partial charge in [0.2, 0.25) is 5.89 Å². The SMILES string of the molecule is CCC(NC(=O)OC(C)(C)C)[C@H](O)c1ncc(-c2cc(C)on2)o1. The number of aliphatic hydroxyl groups excluding tert-OH is 1. The summed E-state index contributed by atoms with van der Waals surface area (Å²) in [6, 6.07) is 1.11. The Bertz CT molecular complexity index is 686. The molecule has 8 nitrogen and oxygen atoms in total. The van der Waals surface area contributed by atoms with E-state index >= 15 is 0 Å². The van der Waals surface area contributed by atoms with Gasteiger partial charge in [-0.15, -0.1) is 0 Å². The predicted molar refractivity (Wildman–Crippen MR) is 85.1 cm³/mol. The number of oxazole rings is 1. The number of alkyl carbamates (subject to hydrolysis) is 1. The lowest BCUT2D eigenvalue weighted by Gasteiger charge is -2.24. The lowest BCUT2D eigenvalue weighted by atomic mass is 10.1. The molecule has 0 spiro atoms. The molecular formula is C16H23N3O5. The van der Waals surface area contributed by atoms with Crippen molar-refractivity contribution in [2.75, 3.05) is 0 Å². The molecule has 0 bridgehead atoms. The van der Waals surface area contributed by atoms with Crippen LogP contribution in [0.1, 0.15) is 51.9 Å². The summed E-state index contributed by atoms with van der Waals surface area (Å²) in [6.45, 7) is 8.90. The molecular weight excluding hydrogens is 314 g/mol. The summed E-state index contributed by atoms with van der Waals surface area (Å²) in [4.78, 5) is 15.9. The third kappa shape index (κ3) is 4.58. The highest BCUT2D eigenvalue weighted by Gasteiger charge is 2.28. The van der Waals surface area contributed by atoms with Crippen LogP contribution in [0.3, 0.4) is 0 Å². The van der Waals surface area contributed by atoms with Crippen LogP contribution in [-0.2, 0) is 4.74 Å². The van der Waals surface area contributed by atoms with Gasteiger partial charge in [-0.3, -0.25) is 0 Å². The summed E-state index contributed by atoms with van der Waals surface area (Å²) in [5.41, 5.74) is -0.125. The Balaban J connectivity index is 2.07. The number of hydrogen-bond donors (Lipinski definition) is 2. The van der Waals surface area contributed by atoms with E-state index in [1.54, 1.807) is 33.8 Å². The van der Waals surface area contributed by atoms with Crippen LogP contribution in [-0.4, -0.2) is 33.0 Å². The number of hydrogen-bond acceptors (Lipinski definition) is 7. The first-order chi connectivity index (χ1) is 11.2. The van der Waals surface area contributed by atoms with Crippen molar-refractivity contribution in [1.82, 2.24) is 15.5 Å². The lowest BCUT2D eigenvalue weighted by Crippen LogP contribution is -2.42. The topological polar surface area (TPSA) is 111 Å². The number of carbonyl (C=O) groups excluding carboxylic acids is 1. The van der Waals surface area contributed by atoms with Gasteiger partial charge < -0.3 is 24.1 Å². The number of nitrogens with one attached hydrogen (secondary N) is 1. The van der Waals surface area contributed by atoms with Crippen LogP contribution < -0.4 is 5.32 Å². The molecule has 2 aromatic heterocycles. The van der Waals surface area contributed by atoms with E-state index in [1.807, 2.05) is 6.92 Å². The van der Waals surface area contributed by atoms with Gasteiger partial charge in [-0.1, -0.05) is 12.1 Å². The highest BCUT2D eigenvalue weighted by atomic mass is 16.6. The van der Waals surface area contributed by atoms with Crippen molar-refractivity contribution in [2.45, 2.75) is 58.8 Å². The Hall–Kier alpha value is -2.35. The Labute approximate surface area is 140 Å². The molecule has 2 N–H and O–H groups in total. The van der Waals surface area contributed by atoms with Gasteiger partial charge >= 0.3 is 6.09 Å². The van der Waals surface area contributed by atoms with Crippen LogP contribution in [0.5, 0.6) is 0 Å². The Morgan fingerprint density at radius 3 is 2.71 bits per heavy atom. The summed E-state index contributed by atoms with van der Waals surface area (Å²) >= 11 is 0. The molecule has 0 fully saturated rings. The fraction of sp³-hybridized carbons (Fsp3) is 0.562.